The molecule has 74 valence electrons. The number of hydrogen-bond donors (Lipinski definition) is 2. The molecule has 12 heavy (non-hydrogen) atoms. The molecule has 0 aromatic carbocycles. The van der Waals surface area contributed by atoms with Crippen LogP contribution in [0.2, 0.25) is 0 Å². The summed E-state index contributed by atoms with van der Waals surface area (Å²) in [6.45, 7) is 3.04. The lowest BCUT2D eigenvalue weighted by Gasteiger charge is -2.13. The van der Waals surface area contributed by atoms with Crippen molar-refractivity contribution in [2.45, 2.75) is 20.0 Å². The zero-order valence-corrected chi connectivity index (χ0v) is 8.72. The minimum atomic E-state index is -4.21. The van der Waals surface area contributed by atoms with Crippen LogP contribution >= 0.6 is 7.75 Å². The normalized spacial score (nSPS) is 17.8. The van der Waals surface area contributed by atoms with Gasteiger partial charge in [-0.2, -0.15) is 0 Å². The van der Waals surface area contributed by atoms with E-state index in [0.717, 1.165) is 6.26 Å². The van der Waals surface area contributed by atoms with Crippen molar-refractivity contribution in [3.63, 3.8) is 0 Å². The van der Waals surface area contributed by atoms with E-state index in [1.807, 2.05) is 0 Å². The van der Waals surface area contributed by atoms with E-state index >= 15 is 0 Å². The minimum Gasteiger partial charge on any atom is -0.312 e. The molecule has 0 rings (SSSR count). The van der Waals surface area contributed by atoms with Gasteiger partial charge in [-0.1, -0.05) is 0 Å². The van der Waals surface area contributed by atoms with Crippen LogP contribution in [0, 0.1) is 0 Å². The van der Waals surface area contributed by atoms with Gasteiger partial charge in [-0.3, -0.25) is 4.52 Å². The molecule has 0 aliphatic rings. The number of hydrogen-bond acceptors (Lipinski definition) is 4. The van der Waals surface area contributed by atoms with Crippen molar-refractivity contribution in [1.29, 1.82) is 0 Å². The van der Waals surface area contributed by atoms with Gasteiger partial charge in [0.05, 0.1) is 12.4 Å². The first kappa shape index (κ1) is 12.1. The predicted octanol–water partition coefficient (Wildman–Crippen LogP) is 0.0610. The minimum absolute atomic E-state index is 0.518. The highest BCUT2D eigenvalue weighted by Gasteiger charge is 2.25. The van der Waals surface area contributed by atoms with Gasteiger partial charge >= 0.3 is 7.75 Å². The quantitative estimate of drug-likeness (QED) is 0.649. The molecule has 6 nitrogen and oxygen atoms in total. The Bertz CT molecular complexity index is 284. The fraction of sp³-hybridized carbons (Fsp3) is 1.00. The van der Waals surface area contributed by atoms with Gasteiger partial charge in [-0.25, -0.2) is 13.0 Å². The molecular formula is C4H12NO5PS. The Morgan fingerprint density at radius 2 is 1.92 bits per heavy atom. The molecule has 0 aliphatic carbocycles. The highest BCUT2D eigenvalue weighted by Crippen LogP contribution is 2.38. The van der Waals surface area contributed by atoms with Crippen molar-refractivity contribution in [1.82, 2.24) is 4.49 Å². The molecule has 0 spiro atoms. The molecule has 0 radical (unpaired) electrons. The van der Waals surface area contributed by atoms with E-state index in [-0.39, 0.29) is 0 Å². The number of nitrogens with one attached hydrogen (secondary N) is 1. The first-order valence-corrected chi connectivity index (χ1v) is 6.59. The molecule has 0 amide bonds. The zero-order chi connectivity index (χ0) is 9.99. The molecule has 0 heterocycles. The van der Waals surface area contributed by atoms with E-state index in [9.17, 15) is 13.0 Å². The van der Waals surface area contributed by atoms with Crippen LogP contribution in [0.25, 0.3) is 0 Å². The summed E-state index contributed by atoms with van der Waals surface area (Å²) >= 11 is 0. The first-order chi connectivity index (χ1) is 5.12. The van der Waals surface area contributed by atoms with Gasteiger partial charge < -0.3 is 4.89 Å². The maximum Gasteiger partial charge on any atom is 0.416 e. The summed E-state index contributed by atoms with van der Waals surface area (Å²) in [7, 11) is -7.92. The summed E-state index contributed by atoms with van der Waals surface area (Å²) in [5.41, 5.74) is 0. The lowest BCUT2D eigenvalue weighted by atomic mass is 10.5. The van der Waals surface area contributed by atoms with Crippen molar-refractivity contribution in [2.24, 2.45) is 0 Å². The van der Waals surface area contributed by atoms with E-state index in [1.165, 1.54) is 18.3 Å². The highest BCUT2D eigenvalue weighted by molar-refractivity contribution is 7.94. The molecule has 0 aromatic rings. The first-order valence-electron chi connectivity index (χ1n) is 3.12. The standard InChI is InChI=1S/C4H12NO5PS/c1-4(2)10-11(6,7)5-12(3,8)9/h4H,1-3H3,(H2,5,6,7). The van der Waals surface area contributed by atoms with Gasteiger partial charge in [-0.05, 0) is 13.8 Å². The molecule has 0 fully saturated rings. The fourth-order valence-electron chi connectivity index (χ4n) is 0.517. The van der Waals surface area contributed by atoms with Crippen LogP contribution in [0.3, 0.4) is 0 Å². The number of sulfonamides is 1. The Hall–Kier alpha value is 0.0600. The van der Waals surface area contributed by atoms with Crippen molar-refractivity contribution < 1.29 is 22.4 Å². The maximum absolute atomic E-state index is 10.9. The fourth-order valence-corrected chi connectivity index (χ4v) is 2.94. The van der Waals surface area contributed by atoms with Crippen molar-refractivity contribution in [3.8, 4) is 0 Å². The maximum atomic E-state index is 10.9. The summed E-state index contributed by atoms with van der Waals surface area (Å²) in [6.07, 6.45) is 0.259. The Morgan fingerprint density at radius 3 is 2.17 bits per heavy atom. The Labute approximate surface area is 71.6 Å². The van der Waals surface area contributed by atoms with Gasteiger partial charge in [-0.15, -0.1) is 4.49 Å². The Balaban J connectivity index is 4.35. The van der Waals surface area contributed by atoms with Crippen LogP contribution in [0.5, 0.6) is 0 Å². The second-order valence-electron chi connectivity index (χ2n) is 2.54. The lowest BCUT2D eigenvalue weighted by Crippen LogP contribution is -2.21. The highest BCUT2D eigenvalue weighted by atomic mass is 32.2. The third-order valence-corrected chi connectivity index (χ3v) is 3.59. The van der Waals surface area contributed by atoms with Crippen molar-refractivity contribution in [2.75, 3.05) is 6.26 Å². The Kier molecular flexibility index (Phi) is 3.87. The van der Waals surface area contributed by atoms with Gasteiger partial charge in [0.1, 0.15) is 0 Å². The largest absolute Gasteiger partial charge is 0.416 e. The Morgan fingerprint density at radius 1 is 1.50 bits per heavy atom. The molecule has 0 saturated carbocycles. The summed E-state index contributed by atoms with van der Waals surface area (Å²) in [5.74, 6) is 0. The van der Waals surface area contributed by atoms with Crippen molar-refractivity contribution >= 4 is 17.8 Å². The van der Waals surface area contributed by atoms with Crippen LogP contribution < -0.4 is 4.49 Å². The van der Waals surface area contributed by atoms with Gasteiger partial charge in [0.15, 0.2) is 0 Å². The second-order valence-corrected chi connectivity index (χ2v) is 6.06. The molecule has 8 heteroatoms. The predicted molar refractivity (Wildman–Crippen MR) is 44.0 cm³/mol. The third kappa shape index (κ3) is 6.75. The summed E-state index contributed by atoms with van der Waals surface area (Å²) in [5, 5.41) is 0. The molecule has 1 atom stereocenters. The average Bonchev–Trinajstić information content (AvgIpc) is 1.48. The van der Waals surface area contributed by atoms with E-state index in [0.29, 0.717) is 0 Å². The van der Waals surface area contributed by atoms with Crippen molar-refractivity contribution in [3.05, 3.63) is 0 Å². The molecular weight excluding hydrogens is 205 g/mol. The van der Waals surface area contributed by atoms with Crippen LogP contribution in [-0.4, -0.2) is 25.7 Å². The summed E-state index contributed by atoms with van der Waals surface area (Å²) in [4.78, 5) is 8.86. The topological polar surface area (TPSA) is 92.7 Å². The monoisotopic (exact) mass is 217 g/mol. The number of rotatable bonds is 4. The second kappa shape index (κ2) is 3.85. The molecule has 0 bridgehead atoms. The van der Waals surface area contributed by atoms with Crippen LogP contribution in [-0.2, 0) is 19.1 Å². The SMILES string of the molecule is CC(C)OP(=O)(O)NS(C)(=O)=O. The summed E-state index contributed by atoms with van der Waals surface area (Å²) in [6, 6.07) is 0. The summed E-state index contributed by atoms with van der Waals surface area (Å²) < 4.78 is 37.8. The average molecular weight is 217 g/mol. The van der Waals surface area contributed by atoms with E-state index < -0.39 is 23.9 Å². The molecule has 2 N–H and O–H groups in total. The smallest absolute Gasteiger partial charge is 0.312 e. The van der Waals surface area contributed by atoms with Crippen LogP contribution in [0.4, 0.5) is 0 Å². The van der Waals surface area contributed by atoms with E-state index in [4.69, 9.17) is 4.89 Å². The molecule has 0 aliphatic heterocycles. The van der Waals surface area contributed by atoms with Gasteiger partial charge in [0.25, 0.3) is 0 Å². The third-order valence-electron chi connectivity index (χ3n) is 0.635. The van der Waals surface area contributed by atoms with E-state index in [2.05, 4.69) is 4.52 Å². The molecule has 0 saturated heterocycles. The van der Waals surface area contributed by atoms with Gasteiger partial charge in [0.2, 0.25) is 10.0 Å². The van der Waals surface area contributed by atoms with Crippen LogP contribution in [0.1, 0.15) is 13.8 Å². The molecule has 0 aromatic heterocycles. The van der Waals surface area contributed by atoms with Gasteiger partial charge in [0, 0.05) is 0 Å². The van der Waals surface area contributed by atoms with E-state index in [1.54, 1.807) is 0 Å². The lowest BCUT2D eigenvalue weighted by molar-refractivity contribution is 0.202. The zero-order valence-electron chi connectivity index (χ0n) is 7.01. The van der Waals surface area contributed by atoms with Crippen LogP contribution in [0.15, 0.2) is 0 Å². The molecule has 1 unspecified atom stereocenters.